The number of likely N-dealkylation sites (tertiary alicyclic amines) is 1. The van der Waals surface area contributed by atoms with Gasteiger partial charge in [0.15, 0.2) is 5.89 Å². The van der Waals surface area contributed by atoms with Crippen molar-refractivity contribution in [3.8, 4) is 5.75 Å². The molecule has 1 fully saturated rings. The highest BCUT2D eigenvalue weighted by Crippen LogP contribution is 2.35. The monoisotopic (exact) mass is 344 g/mol. The fourth-order valence-corrected chi connectivity index (χ4v) is 3.30. The van der Waals surface area contributed by atoms with E-state index in [0.29, 0.717) is 23.9 Å². The number of nitrogens with zero attached hydrogens (tertiary/aromatic N) is 2. The van der Waals surface area contributed by atoms with Gasteiger partial charge in [-0.3, -0.25) is 9.59 Å². The highest BCUT2D eigenvalue weighted by atomic mass is 16.5. The SMILES string of the molecule is COc1cccc([C@@H]2CN(C(=O)c3oc(C)nc3C)C[C@H]2C(=O)O)c1. The third kappa shape index (κ3) is 3.22. The fourth-order valence-electron chi connectivity index (χ4n) is 3.30. The summed E-state index contributed by atoms with van der Waals surface area (Å²) in [6, 6.07) is 7.30. The summed E-state index contributed by atoms with van der Waals surface area (Å²) in [6.45, 7) is 3.82. The Balaban J connectivity index is 1.89. The van der Waals surface area contributed by atoms with Crippen LogP contribution in [0.1, 0.15) is 33.6 Å². The summed E-state index contributed by atoms with van der Waals surface area (Å²) in [5.41, 5.74) is 1.35. The summed E-state index contributed by atoms with van der Waals surface area (Å²) >= 11 is 0. The van der Waals surface area contributed by atoms with Crippen LogP contribution in [0.3, 0.4) is 0 Å². The molecule has 1 aliphatic heterocycles. The second-order valence-electron chi connectivity index (χ2n) is 6.19. The lowest BCUT2D eigenvalue weighted by atomic mass is 9.89. The number of amides is 1. The first-order chi connectivity index (χ1) is 11.9. The highest BCUT2D eigenvalue weighted by Gasteiger charge is 2.41. The minimum atomic E-state index is -0.923. The fraction of sp³-hybridized carbons (Fsp3) is 0.389. The molecule has 0 spiro atoms. The van der Waals surface area contributed by atoms with Gasteiger partial charge in [-0.15, -0.1) is 0 Å². The Morgan fingerprint density at radius 1 is 1.32 bits per heavy atom. The van der Waals surface area contributed by atoms with Crippen molar-refractivity contribution in [1.82, 2.24) is 9.88 Å². The molecule has 2 heterocycles. The van der Waals surface area contributed by atoms with Gasteiger partial charge in [-0.2, -0.15) is 0 Å². The Kier molecular flexibility index (Phi) is 4.48. The number of carboxylic acid groups (broad SMARTS) is 1. The number of carboxylic acids is 1. The molecule has 0 bridgehead atoms. The van der Waals surface area contributed by atoms with Gasteiger partial charge in [0.2, 0.25) is 5.76 Å². The molecule has 0 saturated carbocycles. The Hall–Kier alpha value is -2.83. The van der Waals surface area contributed by atoms with Crippen LogP contribution in [0.2, 0.25) is 0 Å². The smallest absolute Gasteiger partial charge is 0.308 e. The van der Waals surface area contributed by atoms with Crippen molar-refractivity contribution in [3.63, 3.8) is 0 Å². The Morgan fingerprint density at radius 3 is 2.68 bits per heavy atom. The predicted molar refractivity (Wildman–Crippen MR) is 88.7 cm³/mol. The molecule has 3 rings (SSSR count). The van der Waals surface area contributed by atoms with E-state index in [9.17, 15) is 14.7 Å². The quantitative estimate of drug-likeness (QED) is 0.914. The molecule has 0 aliphatic carbocycles. The number of benzene rings is 1. The molecule has 25 heavy (non-hydrogen) atoms. The average molecular weight is 344 g/mol. The number of methoxy groups -OCH3 is 1. The molecule has 1 aromatic carbocycles. The van der Waals surface area contributed by atoms with Gasteiger partial charge in [-0.1, -0.05) is 12.1 Å². The second kappa shape index (κ2) is 6.58. The van der Waals surface area contributed by atoms with E-state index in [-0.39, 0.29) is 24.1 Å². The van der Waals surface area contributed by atoms with Gasteiger partial charge in [0.05, 0.1) is 18.7 Å². The first-order valence-corrected chi connectivity index (χ1v) is 8.00. The lowest BCUT2D eigenvalue weighted by Gasteiger charge is -2.16. The zero-order valence-corrected chi connectivity index (χ0v) is 14.4. The number of hydrogen-bond donors (Lipinski definition) is 1. The molecule has 0 unspecified atom stereocenters. The number of carbonyl (C=O) groups is 2. The second-order valence-corrected chi connectivity index (χ2v) is 6.19. The van der Waals surface area contributed by atoms with Gasteiger partial charge < -0.3 is 19.2 Å². The van der Waals surface area contributed by atoms with Gasteiger partial charge in [-0.25, -0.2) is 4.98 Å². The number of aryl methyl sites for hydroxylation is 2. The summed E-state index contributed by atoms with van der Waals surface area (Å²) in [5, 5.41) is 9.60. The maximum Gasteiger partial charge on any atom is 0.308 e. The van der Waals surface area contributed by atoms with E-state index in [1.54, 1.807) is 27.0 Å². The molecule has 0 radical (unpaired) electrons. The lowest BCUT2D eigenvalue weighted by molar-refractivity contribution is -0.141. The number of aliphatic carboxylic acids is 1. The molecule has 1 aromatic heterocycles. The van der Waals surface area contributed by atoms with Crippen LogP contribution in [-0.2, 0) is 4.79 Å². The molecule has 1 N–H and O–H groups in total. The number of rotatable bonds is 4. The standard InChI is InChI=1S/C18H20N2O5/c1-10-16(25-11(2)19-10)17(21)20-8-14(15(9-20)18(22)23)12-5-4-6-13(7-12)24-3/h4-7,14-15H,8-9H2,1-3H3,(H,22,23)/t14-,15+/m0/s1. The number of aromatic nitrogens is 1. The average Bonchev–Trinajstić information content (AvgIpc) is 3.18. The maximum atomic E-state index is 12.7. The maximum absolute atomic E-state index is 12.7. The summed E-state index contributed by atoms with van der Waals surface area (Å²) in [6.07, 6.45) is 0. The zero-order chi connectivity index (χ0) is 18.1. The van der Waals surface area contributed by atoms with E-state index in [4.69, 9.17) is 9.15 Å². The van der Waals surface area contributed by atoms with E-state index in [2.05, 4.69) is 4.98 Å². The Morgan fingerprint density at radius 2 is 2.08 bits per heavy atom. The Labute approximate surface area is 145 Å². The van der Waals surface area contributed by atoms with Crippen LogP contribution in [0.15, 0.2) is 28.7 Å². The zero-order valence-electron chi connectivity index (χ0n) is 14.4. The molecular weight excluding hydrogens is 324 g/mol. The van der Waals surface area contributed by atoms with Gasteiger partial charge in [0, 0.05) is 25.9 Å². The number of oxazole rings is 1. The minimum Gasteiger partial charge on any atom is -0.497 e. The topological polar surface area (TPSA) is 92.9 Å². The van der Waals surface area contributed by atoms with E-state index >= 15 is 0 Å². The normalized spacial score (nSPS) is 19.9. The molecule has 1 amide bonds. The minimum absolute atomic E-state index is 0.134. The van der Waals surface area contributed by atoms with Crippen molar-refractivity contribution in [2.24, 2.45) is 5.92 Å². The van der Waals surface area contributed by atoms with E-state index in [1.807, 2.05) is 18.2 Å². The summed E-state index contributed by atoms with van der Waals surface area (Å²) < 4.78 is 10.6. The summed E-state index contributed by atoms with van der Waals surface area (Å²) in [5.74, 6) is -0.982. The molecule has 7 nitrogen and oxygen atoms in total. The van der Waals surface area contributed by atoms with Crippen molar-refractivity contribution in [2.75, 3.05) is 20.2 Å². The van der Waals surface area contributed by atoms with Crippen LogP contribution in [0.4, 0.5) is 0 Å². The van der Waals surface area contributed by atoms with Crippen molar-refractivity contribution in [3.05, 3.63) is 47.2 Å². The first-order valence-electron chi connectivity index (χ1n) is 8.00. The van der Waals surface area contributed by atoms with Crippen LogP contribution in [0.25, 0.3) is 0 Å². The largest absolute Gasteiger partial charge is 0.497 e. The van der Waals surface area contributed by atoms with Crippen molar-refractivity contribution >= 4 is 11.9 Å². The predicted octanol–water partition coefficient (Wildman–Crippen LogP) is 2.24. The van der Waals surface area contributed by atoms with Crippen molar-refractivity contribution in [2.45, 2.75) is 19.8 Å². The number of carbonyl (C=O) groups excluding carboxylic acids is 1. The van der Waals surface area contributed by atoms with Gasteiger partial charge in [0.25, 0.3) is 5.91 Å². The van der Waals surface area contributed by atoms with Crippen LogP contribution in [0.5, 0.6) is 5.75 Å². The lowest BCUT2D eigenvalue weighted by Crippen LogP contribution is -2.30. The van der Waals surface area contributed by atoms with Crippen LogP contribution in [-0.4, -0.2) is 47.1 Å². The van der Waals surface area contributed by atoms with E-state index in [0.717, 1.165) is 5.56 Å². The molecular formula is C18H20N2O5. The van der Waals surface area contributed by atoms with Gasteiger partial charge >= 0.3 is 5.97 Å². The first kappa shape index (κ1) is 17.0. The molecule has 1 aliphatic rings. The van der Waals surface area contributed by atoms with Crippen LogP contribution < -0.4 is 4.74 Å². The van der Waals surface area contributed by atoms with Crippen LogP contribution in [0, 0.1) is 19.8 Å². The summed E-state index contributed by atoms with van der Waals surface area (Å²) in [7, 11) is 1.56. The third-order valence-electron chi connectivity index (χ3n) is 4.54. The molecule has 7 heteroatoms. The van der Waals surface area contributed by atoms with Gasteiger partial charge in [-0.05, 0) is 24.6 Å². The van der Waals surface area contributed by atoms with Crippen molar-refractivity contribution < 1.29 is 23.8 Å². The highest BCUT2D eigenvalue weighted by molar-refractivity contribution is 5.93. The van der Waals surface area contributed by atoms with Crippen LogP contribution >= 0.6 is 0 Å². The number of ether oxygens (including phenoxy) is 1. The van der Waals surface area contributed by atoms with E-state index in [1.165, 1.54) is 4.90 Å². The number of hydrogen-bond acceptors (Lipinski definition) is 5. The molecule has 2 aromatic rings. The van der Waals surface area contributed by atoms with Gasteiger partial charge in [0.1, 0.15) is 5.75 Å². The van der Waals surface area contributed by atoms with Crippen molar-refractivity contribution in [1.29, 1.82) is 0 Å². The molecule has 1 saturated heterocycles. The molecule has 132 valence electrons. The Bertz CT molecular complexity index is 814. The summed E-state index contributed by atoms with van der Waals surface area (Å²) in [4.78, 5) is 30.1. The third-order valence-corrected chi connectivity index (χ3v) is 4.54. The van der Waals surface area contributed by atoms with E-state index < -0.39 is 11.9 Å². The molecule has 2 atom stereocenters.